The van der Waals surface area contributed by atoms with Gasteiger partial charge in [-0.2, -0.15) is 13.2 Å². The van der Waals surface area contributed by atoms with Crippen molar-refractivity contribution in [2.75, 3.05) is 5.75 Å². The largest absolute Gasteiger partial charge is 0.417 e. The van der Waals surface area contributed by atoms with Crippen molar-refractivity contribution in [3.05, 3.63) is 23.9 Å². The highest BCUT2D eigenvalue weighted by Gasteiger charge is 2.30. The molecule has 106 valence electrons. The van der Waals surface area contributed by atoms with Gasteiger partial charge in [0.05, 0.1) is 16.4 Å². The number of hydrogen-bond acceptors (Lipinski definition) is 3. The van der Waals surface area contributed by atoms with Gasteiger partial charge in [0.1, 0.15) is 0 Å². The van der Waals surface area contributed by atoms with Gasteiger partial charge < -0.3 is 5.73 Å². The van der Waals surface area contributed by atoms with E-state index < -0.39 is 17.2 Å². The quantitative estimate of drug-likeness (QED) is 0.495. The SMILES string of the molecule is CC(C)(CCSc1ccc(C(F)(F)F)cn1)C(=N)N. The second kappa shape index (κ2) is 5.81. The van der Waals surface area contributed by atoms with E-state index in [4.69, 9.17) is 11.1 Å². The highest BCUT2D eigenvalue weighted by atomic mass is 32.2. The van der Waals surface area contributed by atoms with Gasteiger partial charge in [-0.3, -0.25) is 5.41 Å². The fraction of sp³-hybridized carbons (Fsp3) is 0.500. The number of nitrogens with two attached hydrogens (primary N) is 1. The summed E-state index contributed by atoms with van der Waals surface area (Å²) < 4.78 is 37.0. The number of hydrogen-bond donors (Lipinski definition) is 2. The number of alkyl halides is 3. The Morgan fingerprint density at radius 1 is 1.37 bits per heavy atom. The minimum Gasteiger partial charge on any atom is -0.387 e. The first-order valence-corrected chi connectivity index (χ1v) is 6.62. The third kappa shape index (κ3) is 4.74. The number of rotatable bonds is 5. The van der Waals surface area contributed by atoms with Gasteiger partial charge in [-0.25, -0.2) is 4.98 Å². The van der Waals surface area contributed by atoms with Crippen LogP contribution in [-0.2, 0) is 6.18 Å². The zero-order valence-electron chi connectivity index (χ0n) is 10.7. The van der Waals surface area contributed by atoms with Crippen LogP contribution < -0.4 is 5.73 Å². The minimum absolute atomic E-state index is 0.105. The average Bonchev–Trinajstić information content (AvgIpc) is 2.28. The van der Waals surface area contributed by atoms with Crippen LogP contribution in [0.5, 0.6) is 0 Å². The maximum atomic E-state index is 12.3. The predicted molar refractivity (Wildman–Crippen MR) is 70.3 cm³/mol. The molecule has 0 atom stereocenters. The van der Waals surface area contributed by atoms with E-state index >= 15 is 0 Å². The van der Waals surface area contributed by atoms with Gasteiger partial charge in [-0.15, -0.1) is 11.8 Å². The smallest absolute Gasteiger partial charge is 0.387 e. The summed E-state index contributed by atoms with van der Waals surface area (Å²) >= 11 is 1.35. The highest BCUT2D eigenvalue weighted by molar-refractivity contribution is 7.99. The van der Waals surface area contributed by atoms with Crippen LogP contribution in [0.4, 0.5) is 13.2 Å². The van der Waals surface area contributed by atoms with Crippen LogP contribution >= 0.6 is 11.8 Å². The molecule has 0 aliphatic carbocycles. The molecule has 0 fully saturated rings. The Morgan fingerprint density at radius 3 is 2.42 bits per heavy atom. The van der Waals surface area contributed by atoms with E-state index in [1.165, 1.54) is 17.8 Å². The van der Waals surface area contributed by atoms with Crippen LogP contribution in [0.25, 0.3) is 0 Å². The van der Waals surface area contributed by atoms with Crippen molar-refractivity contribution >= 4 is 17.6 Å². The summed E-state index contributed by atoms with van der Waals surface area (Å²) in [5.41, 5.74) is 4.30. The third-order valence-electron chi connectivity index (χ3n) is 2.77. The molecule has 1 aromatic rings. The molecule has 1 rings (SSSR count). The molecule has 3 N–H and O–H groups in total. The molecule has 3 nitrogen and oxygen atoms in total. The van der Waals surface area contributed by atoms with E-state index in [2.05, 4.69) is 4.98 Å². The number of nitrogens with zero attached hydrogens (tertiary/aromatic N) is 1. The summed E-state index contributed by atoms with van der Waals surface area (Å²) in [4.78, 5) is 3.77. The summed E-state index contributed by atoms with van der Waals surface area (Å²) in [5.74, 6) is 0.749. The Bertz CT molecular complexity index is 441. The number of halogens is 3. The van der Waals surface area contributed by atoms with Crippen LogP contribution in [0.1, 0.15) is 25.8 Å². The van der Waals surface area contributed by atoms with Gasteiger partial charge in [0.25, 0.3) is 0 Å². The molecule has 0 unspecified atom stereocenters. The first-order valence-electron chi connectivity index (χ1n) is 5.63. The lowest BCUT2D eigenvalue weighted by Gasteiger charge is -2.22. The maximum absolute atomic E-state index is 12.3. The van der Waals surface area contributed by atoms with E-state index in [1.807, 2.05) is 13.8 Å². The summed E-state index contributed by atoms with van der Waals surface area (Å²) in [6.45, 7) is 3.71. The monoisotopic (exact) mass is 291 g/mol. The Balaban J connectivity index is 2.54. The molecule has 0 saturated carbocycles. The first kappa shape index (κ1) is 15.8. The highest BCUT2D eigenvalue weighted by Crippen LogP contribution is 2.30. The Morgan fingerprint density at radius 2 is 2.00 bits per heavy atom. The van der Waals surface area contributed by atoms with Crippen LogP contribution in [-0.4, -0.2) is 16.6 Å². The van der Waals surface area contributed by atoms with E-state index in [0.29, 0.717) is 17.2 Å². The summed E-state index contributed by atoms with van der Waals surface area (Å²) in [6, 6.07) is 2.37. The van der Waals surface area contributed by atoms with Crippen molar-refractivity contribution in [2.45, 2.75) is 31.5 Å². The van der Waals surface area contributed by atoms with Crippen molar-refractivity contribution in [1.82, 2.24) is 4.98 Å². The number of thioether (sulfide) groups is 1. The maximum Gasteiger partial charge on any atom is 0.417 e. The molecule has 0 aliphatic heterocycles. The summed E-state index contributed by atoms with van der Waals surface area (Å²) in [5, 5.41) is 7.94. The van der Waals surface area contributed by atoms with Crippen molar-refractivity contribution in [2.24, 2.45) is 11.1 Å². The molecule has 0 amide bonds. The Labute approximate surface area is 114 Å². The predicted octanol–water partition coefficient (Wildman–Crippen LogP) is 3.54. The minimum atomic E-state index is -4.35. The Kier molecular flexibility index (Phi) is 4.84. The topological polar surface area (TPSA) is 62.8 Å². The molecule has 1 heterocycles. The second-order valence-electron chi connectivity index (χ2n) is 4.78. The lowest BCUT2D eigenvalue weighted by Crippen LogP contribution is -2.31. The molecule has 0 saturated heterocycles. The molecule has 1 aromatic heterocycles. The molecule has 0 spiro atoms. The molecule has 0 bridgehead atoms. The average molecular weight is 291 g/mol. The zero-order chi connectivity index (χ0) is 14.7. The number of pyridine rings is 1. The molecular weight excluding hydrogens is 275 g/mol. The van der Waals surface area contributed by atoms with Gasteiger partial charge in [0.15, 0.2) is 0 Å². The van der Waals surface area contributed by atoms with Crippen molar-refractivity contribution in [3.8, 4) is 0 Å². The second-order valence-corrected chi connectivity index (χ2v) is 5.89. The van der Waals surface area contributed by atoms with Gasteiger partial charge >= 0.3 is 6.18 Å². The third-order valence-corrected chi connectivity index (χ3v) is 3.72. The zero-order valence-corrected chi connectivity index (χ0v) is 11.5. The summed E-state index contributed by atoms with van der Waals surface area (Å²) in [6.07, 6.45) is -2.86. The van der Waals surface area contributed by atoms with Crippen molar-refractivity contribution in [1.29, 1.82) is 5.41 Å². The van der Waals surface area contributed by atoms with E-state index in [9.17, 15) is 13.2 Å². The van der Waals surface area contributed by atoms with Crippen LogP contribution in [0, 0.1) is 10.8 Å². The molecule has 0 radical (unpaired) electrons. The number of aromatic nitrogens is 1. The van der Waals surface area contributed by atoms with Crippen LogP contribution in [0.15, 0.2) is 23.4 Å². The van der Waals surface area contributed by atoms with Gasteiger partial charge in [-0.1, -0.05) is 13.8 Å². The van der Waals surface area contributed by atoms with Gasteiger partial charge in [-0.05, 0) is 18.6 Å². The fourth-order valence-electron chi connectivity index (χ4n) is 1.18. The Hall–Kier alpha value is -1.24. The van der Waals surface area contributed by atoms with Gasteiger partial charge in [0, 0.05) is 17.4 Å². The normalized spacial score (nSPS) is 12.5. The standard InChI is InChI=1S/C12H16F3N3S/c1-11(2,10(16)17)5-6-19-9-4-3-8(7-18-9)12(13,14)15/h3-4,7H,5-6H2,1-2H3,(H3,16,17). The van der Waals surface area contributed by atoms with Crippen LogP contribution in [0.2, 0.25) is 0 Å². The van der Waals surface area contributed by atoms with Crippen LogP contribution in [0.3, 0.4) is 0 Å². The molecule has 19 heavy (non-hydrogen) atoms. The molecule has 7 heteroatoms. The molecule has 0 aromatic carbocycles. The number of nitrogens with one attached hydrogen (secondary N) is 1. The van der Waals surface area contributed by atoms with E-state index in [1.54, 1.807) is 0 Å². The van der Waals surface area contributed by atoms with E-state index in [-0.39, 0.29) is 5.84 Å². The van der Waals surface area contributed by atoms with E-state index in [0.717, 1.165) is 12.3 Å². The lowest BCUT2D eigenvalue weighted by molar-refractivity contribution is -0.137. The summed E-state index contributed by atoms with van der Waals surface area (Å²) in [7, 11) is 0. The van der Waals surface area contributed by atoms with Crippen molar-refractivity contribution in [3.63, 3.8) is 0 Å². The van der Waals surface area contributed by atoms with Gasteiger partial charge in [0.2, 0.25) is 0 Å². The fourth-order valence-corrected chi connectivity index (χ4v) is 2.29. The molecular formula is C12H16F3N3S. The lowest BCUT2D eigenvalue weighted by atomic mass is 9.89. The molecule has 0 aliphatic rings. The number of amidine groups is 1. The van der Waals surface area contributed by atoms with Crippen molar-refractivity contribution < 1.29 is 13.2 Å². The first-order chi connectivity index (χ1) is 8.63.